The van der Waals surface area contributed by atoms with Crippen molar-refractivity contribution in [3.63, 3.8) is 0 Å². The van der Waals surface area contributed by atoms with Crippen molar-refractivity contribution < 1.29 is 9.72 Å². The van der Waals surface area contributed by atoms with Gasteiger partial charge in [0.2, 0.25) is 0 Å². The van der Waals surface area contributed by atoms with Crippen LogP contribution in [0.3, 0.4) is 0 Å². The Labute approximate surface area is 142 Å². The summed E-state index contributed by atoms with van der Waals surface area (Å²) in [5, 5.41) is 11.4. The molecule has 0 saturated heterocycles. The molecule has 1 amide bonds. The predicted molar refractivity (Wildman–Crippen MR) is 93.3 cm³/mol. The van der Waals surface area contributed by atoms with Crippen LogP contribution in [0.15, 0.2) is 51.2 Å². The maximum atomic E-state index is 12.0. The molecular weight excluding hydrogens is 328 g/mol. The number of nitro groups is 1. The number of hydrogen-bond donors (Lipinski definition) is 2. The third-order valence-corrected chi connectivity index (χ3v) is 4.27. The molecule has 0 unspecified atom stereocenters. The molecule has 0 aliphatic carbocycles. The van der Waals surface area contributed by atoms with Crippen LogP contribution in [0.25, 0.3) is 0 Å². The molecule has 8 heteroatoms. The Morgan fingerprint density at radius 1 is 1.17 bits per heavy atom. The number of amides is 1. The molecule has 0 aliphatic heterocycles. The fraction of sp³-hybridized carbons (Fsp3) is 0.125. The number of aliphatic imine (C=N–C) groups is 1. The van der Waals surface area contributed by atoms with Gasteiger partial charge in [0.05, 0.1) is 15.4 Å². The maximum absolute atomic E-state index is 12.0. The molecule has 0 radical (unpaired) electrons. The average Bonchev–Trinajstić information content (AvgIpc) is 2.48. The van der Waals surface area contributed by atoms with E-state index >= 15 is 0 Å². The fourth-order valence-corrected chi connectivity index (χ4v) is 3.04. The van der Waals surface area contributed by atoms with Crippen molar-refractivity contribution in [1.29, 1.82) is 0 Å². The molecule has 0 saturated carbocycles. The number of nitrogens with zero attached hydrogens (tertiary/aromatic N) is 2. The van der Waals surface area contributed by atoms with E-state index in [1.165, 1.54) is 17.8 Å². The number of hydrogen-bond acceptors (Lipinski definition) is 4. The second kappa shape index (κ2) is 7.14. The van der Waals surface area contributed by atoms with E-state index in [2.05, 4.69) is 4.99 Å². The summed E-state index contributed by atoms with van der Waals surface area (Å²) in [5.41, 5.74) is 12.0. The van der Waals surface area contributed by atoms with Gasteiger partial charge in [-0.25, -0.2) is 0 Å². The quantitative estimate of drug-likeness (QED) is 0.380. The fourth-order valence-electron chi connectivity index (χ4n) is 2.04. The smallest absolute Gasteiger partial charge is 0.284 e. The molecule has 124 valence electrons. The first kappa shape index (κ1) is 17.5. The van der Waals surface area contributed by atoms with E-state index < -0.39 is 10.8 Å². The summed E-state index contributed by atoms with van der Waals surface area (Å²) in [6.07, 6.45) is 0. The monoisotopic (exact) mass is 344 g/mol. The minimum absolute atomic E-state index is 0.100. The molecule has 2 aromatic carbocycles. The van der Waals surface area contributed by atoms with Gasteiger partial charge < -0.3 is 11.5 Å². The Balaban J connectivity index is 2.47. The molecule has 0 heterocycles. The summed E-state index contributed by atoms with van der Waals surface area (Å²) in [5.74, 6) is -1.09. The lowest BCUT2D eigenvalue weighted by Crippen LogP contribution is -2.24. The molecular formula is C16H16N4O3S. The summed E-state index contributed by atoms with van der Waals surface area (Å²) in [4.78, 5) is 27.6. The van der Waals surface area contributed by atoms with Gasteiger partial charge in [0.25, 0.3) is 11.6 Å². The number of guanidine groups is 1. The lowest BCUT2D eigenvalue weighted by Gasteiger charge is -2.08. The van der Waals surface area contributed by atoms with Crippen LogP contribution in [0.1, 0.15) is 21.5 Å². The van der Waals surface area contributed by atoms with Crippen LogP contribution in [-0.4, -0.2) is 16.8 Å². The highest BCUT2D eigenvalue weighted by atomic mass is 32.2. The topological polar surface area (TPSA) is 125 Å². The maximum Gasteiger partial charge on any atom is 0.284 e. The lowest BCUT2D eigenvalue weighted by molar-refractivity contribution is -0.387. The molecule has 2 aromatic rings. The Hall–Kier alpha value is -2.87. The van der Waals surface area contributed by atoms with Gasteiger partial charge in [0.1, 0.15) is 0 Å². The van der Waals surface area contributed by atoms with Gasteiger partial charge in [-0.3, -0.25) is 14.9 Å². The number of nitrogens with two attached hydrogens (primary N) is 2. The van der Waals surface area contributed by atoms with Crippen molar-refractivity contribution in [3.8, 4) is 0 Å². The zero-order valence-corrected chi connectivity index (χ0v) is 14.0. The molecule has 0 aromatic heterocycles. The number of rotatable bonds is 4. The Morgan fingerprint density at radius 3 is 2.33 bits per heavy atom. The van der Waals surface area contributed by atoms with Crippen LogP contribution in [-0.2, 0) is 0 Å². The Bertz CT molecular complexity index is 828. The molecule has 0 aliphatic rings. The normalized spacial score (nSPS) is 10.2. The highest BCUT2D eigenvalue weighted by Crippen LogP contribution is 2.36. The van der Waals surface area contributed by atoms with E-state index in [1.54, 1.807) is 13.0 Å². The van der Waals surface area contributed by atoms with Crippen molar-refractivity contribution in [1.82, 2.24) is 0 Å². The van der Waals surface area contributed by atoms with Gasteiger partial charge in [-0.05, 0) is 37.6 Å². The average molecular weight is 344 g/mol. The first-order valence-electron chi connectivity index (χ1n) is 6.95. The largest absolute Gasteiger partial charge is 0.370 e. The SMILES string of the molecule is Cc1ccc(Sc2cc(C)c(C(=O)N=C(N)N)cc2[N+](=O)[O-])cc1. The van der Waals surface area contributed by atoms with Crippen LogP contribution < -0.4 is 11.5 Å². The second-order valence-corrected chi connectivity index (χ2v) is 6.26. The third-order valence-electron chi connectivity index (χ3n) is 3.21. The van der Waals surface area contributed by atoms with E-state index in [0.29, 0.717) is 10.5 Å². The predicted octanol–water partition coefficient (Wildman–Crippen LogP) is 2.78. The van der Waals surface area contributed by atoms with Crippen LogP contribution in [0.2, 0.25) is 0 Å². The molecule has 2 rings (SSSR count). The van der Waals surface area contributed by atoms with Crippen molar-refractivity contribution in [2.24, 2.45) is 16.5 Å². The number of aryl methyl sites for hydroxylation is 2. The van der Waals surface area contributed by atoms with E-state index in [4.69, 9.17) is 11.5 Å². The Kier molecular flexibility index (Phi) is 5.20. The molecule has 0 spiro atoms. The first-order valence-corrected chi connectivity index (χ1v) is 7.77. The van der Waals surface area contributed by atoms with E-state index in [0.717, 1.165) is 10.5 Å². The second-order valence-electron chi connectivity index (χ2n) is 5.15. The number of carbonyl (C=O) groups excluding carboxylic acids is 1. The number of carbonyl (C=O) groups is 1. The van der Waals surface area contributed by atoms with Gasteiger partial charge in [-0.1, -0.05) is 29.5 Å². The Morgan fingerprint density at radius 2 is 1.79 bits per heavy atom. The zero-order chi connectivity index (χ0) is 17.9. The minimum Gasteiger partial charge on any atom is -0.370 e. The number of benzene rings is 2. The van der Waals surface area contributed by atoms with E-state index in [1.807, 2.05) is 31.2 Å². The first-order chi connectivity index (χ1) is 11.3. The van der Waals surface area contributed by atoms with Gasteiger partial charge in [0, 0.05) is 11.0 Å². The van der Waals surface area contributed by atoms with Gasteiger partial charge in [-0.15, -0.1) is 0 Å². The summed E-state index contributed by atoms with van der Waals surface area (Å²) >= 11 is 1.26. The summed E-state index contributed by atoms with van der Waals surface area (Å²) in [6, 6.07) is 10.4. The van der Waals surface area contributed by atoms with Gasteiger partial charge >= 0.3 is 0 Å². The molecule has 4 N–H and O–H groups in total. The van der Waals surface area contributed by atoms with Gasteiger partial charge in [-0.2, -0.15) is 4.99 Å². The zero-order valence-electron chi connectivity index (χ0n) is 13.1. The molecule has 24 heavy (non-hydrogen) atoms. The highest BCUT2D eigenvalue weighted by Gasteiger charge is 2.21. The lowest BCUT2D eigenvalue weighted by atomic mass is 10.1. The van der Waals surface area contributed by atoms with Crippen molar-refractivity contribution in [2.75, 3.05) is 0 Å². The van der Waals surface area contributed by atoms with E-state index in [-0.39, 0.29) is 17.2 Å². The van der Waals surface area contributed by atoms with Crippen LogP contribution in [0, 0.1) is 24.0 Å². The van der Waals surface area contributed by atoms with Crippen LogP contribution >= 0.6 is 11.8 Å². The van der Waals surface area contributed by atoms with Crippen LogP contribution in [0.5, 0.6) is 0 Å². The molecule has 7 nitrogen and oxygen atoms in total. The van der Waals surface area contributed by atoms with Crippen molar-refractivity contribution >= 4 is 29.3 Å². The van der Waals surface area contributed by atoms with Crippen LogP contribution in [0.4, 0.5) is 5.69 Å². The molecule has 0 fully saturated rings. The minimum atomic E-state index is -0.706. The summed E-state index contributed by atoms with van der Waals surface area (Å²) in [7, 11) is 0. The molecule has 0 bridgehead atoms. The number of nitro benzene ring substituents is 1. The standard InChI is InChI=1S/C16H16N4O3S/c1-9-3-5-11(6-4-9)24-14-7-10(2)12(8-13(14)20(22)23)15(21)19-16(17)18/h3-8H,1-2H3,(H4,17,18,19,21). The summed E-state index contributed by atoms with van der Waals surface area (Å²) in [6.45, 7) is 3.64. The van der Waals surface area contributed by atoms with Crippen molar-refractivity contribution in [3.05, 3.63) is 63.2 Å². The third kappa shape index (κ3) is 4.11. The van der Waals surface area contributed by atoms with Gasteiger partial charge in [0.15, 0.2) is 5.96 Å². The van der Waals surface area contributed by atoms with Crippen molar-refractivity contribution in [2.45, 2.75) is 23.6 Å². The summed E-state index contributed by atoms with van der Waals surface area (Å²) < 4.78 is 0. The highest BCUT2D eigenvalue weighted by molar-refractivity contribution is 7.99. The van der Waals surface area contributed by atoms with E-state index in [9.17, 15) is 14.9 Å². The molecule has 0 atom stereocenters.